The number of hydrogen-bond donors (Lipinski definition) is 0. The Morgan fingerprint density at radius 3 is 2.83 bits per heavy atom. The quantitative estimate of drug-likeness (QED) is 0.728. The molecule has 2 aromatic heterocycles. The van der Waals surface area contributed by atoms with Gasteiger partial charge in [0.2, 0.25) is 5.89 Å². The molecule has 1 aliphatic heterocycles. The third-order valence-electron chi connectivity index (χ3n) is 4.19. The molecule has 6 heteroatoms. The lowest BCUT2D eigenvalue weighted by Crippen LogP contribution is -2.31. The van der Waals surface area contributed by atoms with E-state index in [1.54, 1.807) is 6.20 Å². The van der Waals surface area contributed by atoms with E-state index in [0.29, 0.717) is 17.5 Å². The molecule has 1 aliphatic rings. The molecule has 0 saturated heterocycles. The van der Waals surface area contributed by atoms with Crippen LogP contribution in [0.2, 0.25) is 5.02 Å². The maximum absolute atomic E-state index is 5.92. The van der Waals surface area contributed by atoms with Gasteiger partial charge in [0, 0.05) is 29.9 Å². The highest BCUT2D eigenvalue weighted by molar-refractivity contribution is 6.30. The molecule has 5 nitrogen and oxygen atoms in total. The van der Waals surface area contributed by atoms with Crippen LogP contribution in [-0.2, 0) is 19.5 Å². The smallest absolute Gasteiger partial charge is 0.209 e. The molecule has 0 unspecified atom stereocenters. The molecule has 0 saturated carbocycles. The number of aryl methyl sites for hydroxylation is 1. The molecule has 3 aromatic rings. The van der Waals surface area contributed by atoms with Crippen LogP contribution in [0.1, 0.15) is 23.0 Å². The molecule has 0 radical (unpaired) electrons. The zero-order valence-electron chi connectivity index (χ0n) is 13.4. The number of halogens is 1. The topological polar surface area (TPSA) is 55.1 Å². The molecule has 0 aliphatic carbocycles. The standard InChI is InChI=1S/C18H17ClN4O/c1-12-20-8-14-6-7-23(10-16(14)22-12)11-18-21-9-17(24-18)13-2-4-15(19)5-3-13/h2-5,8-9H,6-7,10-11H2,1H3. The fourth-order valence-electron chi connectivity index (χ4n) is 2.91. The molecule has 0 fully saturated rings. The normalized spacial score (nSPS) is 14.6. The number of fused-ring (bicyclic) bond motifs is 1. The summed E-state index contributed by atoms with van der Waals surface area (Å²) in [5.74, 6) is 2.29. The lowest BCUT2D eigenvalue weighted by molar-refractivity contribution is 0.218. The van der Waals surface area contributed by atoms with E-state index in [0.717, 1.165) is 42.4 Å². The minimum absolute atomic E-state index is 0.677. The Kier molecular flexibility index (Phi) is 4.04. The third kappa shape index (κ3) is 3.18. The minimum Gasteiger partial charge on any atom is -0.439 e. The number of hydrogen-bond acceptors (Lipinski definition) is 5. The van der Waals surface area contributed by atoms with Crippen LogP contribution in [0.25, 0.3) is 11.3 Å². The summed E-state index contributed by atoms with van der Waals surface area (Å²) in [7, 11) is 0. The Bertz CT molecular complexity index is 860. The van der Waals surface area contributed by atoms with E-state index in [2.05, 4.69) is 19.9 Å². The second-order valence-corrected chi connectivity index (χ2v) is 6.41. The highest BCUT2D eigenvalue weighted by Gasteiger charge is 2.20. The summed E-state index contributed by atoms with van der Waals surface area (Å²) >= 11 is 5.92. The van der Waals surface area contributed by atoms with E-state index < -0.39 is 0 Å². The van der Waals surface area contributed by atoms with Crippen molar-refractivity contribution >= 4 is 11.6 Å². The second kappa shape index (κ2) is 6.34. The number of rotatable bonds is 3. The van der Waals surface area contributed by atoms with Crippen LogP contribution >= 0.6 is 11.6 Å². The van der Waals surface area contributed by atoms with Crippen molar-refractivity contribution in [2.24, 2.45) is 0 Å². The molecule has 0 spiro atoms. The van der Waals surface area contributed by atoms with Gasteiger partial charge in [-0.15, -0.1) is 0 Å². The highest BCUT2D eigenvalue weighted by atomic mass is 35.5. The van der Waals surface area contributed by atoms with Crippen molar-refractivity contribution < 1.29 is 4.42 Å². The van der Waals surface area contributed by atoms with Crippen LogP contribution < -0.4 is 0 Å². The Morgan fingerprint density at radius 2 is 2.00 bits per heavy atom. The largest absolute Gasteiger partial charge is 0.439 e. The fourth-order valence-corrected chi connectivity index (χ4v) is 3.04. The Labute approximate surface area is 145 Å². The predicted octanol–water partition coefficient (Wildman–Crippen LogP) is 3.65. The van der Waals surface area contributed by atoms with Crippen molar-refractivity contribution in [2.75, 3.05) is 6.54 Å². The van der Waals surface area contributed by atoms with E-state index in [-0.39, 0.29) is 0 Å². The maximum Gasteiger partial charge on any atom is 0.209 e. The van der Waals surface area contributed by atoms with E-state index in [9.17, 15) is 0 Å². The highest BCUT2D eigenvalue weighted by Crippen LogP contribution is 2.24. The summed E-state index contributed by atoms with van der Waals surface area (Å²) in [5, 5.41) is 0.711. The summed E-state index contributed by atoms with van der Waals surface area (Å²) in [4.78, 5) is 15.5. The van der Waals surface area contributed by atoms with Gasteiger partial charge in [0.15, 0.2) is 5.76 Å². The maximum atomic E-state index is 5.92. The molecule has 4 rings (SSSR count). The lowest BCUT2D eigenvalue weighted by atomic mass is 10.1. The second-order valence-electron chi connectivity index (χ2n) is 5.97. The van der Waals surface area contributed by atoms with Gasteiger partial charge < -0.3 is 4.42 Å². The van der Waals surface area contributed by atoms with Crippen LogP contribution in [0.15, 0.2) is 41.1 Å². The fraction of sp³-hybridized carbons (Fsp3) is 0.278. The van der Waals surface area contributed by atoms with Crippen molar-refractivity contribution in [1.82, 2.24) is 19.9 Å². The van der Waals surface area contributed by atoms with Crippen molar-refractivity contribution in [3.8, 4) is 11.3 Å². The zero-order chi connectivity index (χ0) is 16.5. The van der Waals surface area contributed by atoms with Gasteiger partial charge in [-0.3, -0.25) is 4.90 Å². The van der Waals surface area contributed by atoms with E-state index >= 15 is 0 Å². The monoisotopic (exact) mass is 340 g/mol. The van der Waals surface area contributed by atoms with E-state index in [1.807, 2.05) is 37.4 Å². The molecule has 3 heterocycles. The first-order valence-corrected chi connectivity index (χ1v) is 8.29. The summed E-state index contributed by atoms with van der Waals surface area (Å²) < 4.78 is 5.90. The third-order valence-corrected chi connectivity index (χ3v) is 4.44. The SMILES string of the molecule is Cc1ncc2c(n1)CN(Cc1ncc(-c3ccc(Cl)cc3)o1)CC2. The van der Waals surface area contributed by atoms with Crippen molar-refractivity contribution in [2.45, 2.75) is 26.4 Å². The van der Waals surface area contributed by atoms with Crippen LogP contribution in [-0.4, -0.2) is 26.4 Å². The first-order valence-electron chi connectivity index (χ1n) is 7.92. The van der Waals surface area contributed by atoms with Crippen molar-refractivity contribution in [3.05, 3.63) is 64.7 Å². The molecule has 0 bridgehead atoms. The van der Waals surface area contributed by atoms with Crippen LogP contribution in [0.3, 0.4) is 0 Å². The first-order chi connectivity index (χ1) is 11.7. The lowest BCUT2D eigenvalue weighted by Gasteiger charge is -2.26. The molecule has 24 heavy (non-hydrogen) atoms. The van der Waals surface area contributed by atoms with Crippen LogP contribution in [0, 0.1) is 6.92 Å². The summed E-state index contributed by atoms with van der Waals surface area (Å²) in [6.07, 6.45) is 4.67. The van der Waals surface area contributed by atoms with Gasteiger partial charge >= 0.3 is 0 Å². The summed E-state index contributed by atoms with van der Waals surface area (Å²) in [6, 6.07) is 7.57. The average Bonchev–Trinajstić information content (AvgIpc) is 3.03. The average molecular weight is 341 g/mol. The Morgan fingerprint density at radius 1 is 1.17 bits per heavy atom. The Balaban J connectivity index is 1.48. The molecular weight excluding hydrogens is 324 g/mol. The predicted molar refractivity (Wildman–Crippen MR) is 91.5 cm³/mol. The van der Waals surface area contributed by atoms with Gasteiger partial charge in [-0.05, 0) is 43.2 Å². The summed E-state index contributed by atoms with van der Waals surface area (Å²) in [6.45, 7) is 4.36. The zero-order valence-corrected chi connectivity index (χ0v) is 14.1. The van der Waals surface area contributed by atoms with E-state index in [1.165, 1.54) is 5.56 Å². The summed E-state index contributed by atoms with van der Waals surface area (Å²) in [5.41, 5.74) is 3.33. The van der Waals surface area contributed by atoms with E-state index in [4.69, 9.17) is 16.0 Å². The molecule has 0 atom stereocenters. The first kappa shape index (κ1) is 15.3. The number of oxazole rings is 1. The van der Waals surface area contributed by atoms with Gasteiger partial charge in [-0.2, -0.15) is 0 Å². The Hall–Kier alpha value is -2.24. The van der Waals surface area contributed by atoms with Crippen LogP contribution in [0.4, 0.5) is 0 Å². The number of benzene rings is 1. The molecule has 0 N–H and O–H groups in total. The van der Waals surface area contributed by atoms with Gasteiger partial charge in [0.25, 0.3) is 0 Å². The molecule has 122 valence electrons. The molecule has 0 amide bonds. The number of aromatic nitrogens is 3. The number of nitrogens with zero attached hydrogens (tertiary/aromatic N) is 4. The van der Waals surface area contributed by atoms with Crippen molar-refractivity contribution in [3.63, 3.8) is 0 Å². The van der Waals surface area contributed by atoms with Gasteiger partial charge in [-0.25, -0.2) is 15.0 Å². The minimum atomic E-state index is 0.677. The van der Waals surface area contributed by atoms with Crippen molar-refractivity contribution in [1.29, 1.82) is 0 Å². The van der Waals surface area contributed by atoms with Gasteiger partial charge in [0.05, 0.1) is 18.4 Å². The molecular formula is C18H17ClN4O. The van der Waals surface area contributed by atoms with Gasteiger partial charge in [-0.1, -0.05) is 11.6 Å². The van der Waals surface area contributed by atoms with Crippen LogP contribution in [0.5, 0.6) is 0 Å². The molecule has 1 aromatic carbocycles. The van der Waals surface area contributed by atoms with Gasteiger partial charge in [0.1, 0.15) is 5.82 Å².